The highest BCUT2D eigenvalue weighted by molar-refractivity contribution is 7.72. The fourth-order valence-corrected chi connectivity index (χ4v) is 10.4. The van der Waals surface area contributed by atoms with Crippen LogP contribution in [0.5, 0.6) is 0 Å². The summed E-state index contributed by atoms with van der Waals surface area (Å²) in [4.78, 5) is 12.6. The summed E-state index contributed by atoms with van der Waals surface area (Å²) in [6, 6.07) is 0. The zero-order valence-corrected chi connectivity index (χ0v) is 30.1. The van der Waals surface area contributed by atoms with Gasteiger partial charge < -0.3 is 22.8 Å². The molecule has 0 aromatic carbocycles. The van der Waals surface area contributed by atoms with Crippen molar-refractivity contribution < 1.29 is 36.8 Å². The molecule has 2 unspecified atom stereocenters. The molecule has 10 heteroatoms. The topological polar surface area (TPSA) is 97.4 Å². The molecule has 0 heterocycles. The minimum Gasteiger partial charge on any atom is -0.461 e. The summed E-state index contributed by atoms with van der Waals surface area (Å²) >= 11 is 0. The molecule has 0 bridgehead atoms. The number of rotatable bonds is 27. The molecule has 0 aromatic heterocycles. The second kappa shape index (κ2) is 23.8. The number of hydrogen-bond acceptors (Lipinski definition) is 8. The molecule has 0 fully saturated rings. The van der Waals surface area contributed by atoms with Gasteiger partial charge in [-0.05, 0) is 77.7 Å². The summed E-state index contributed by atoms with van der Waals surface area (Å²) < 4.78 is 54.4. The molecule has 0 rings (SSSR count). The molecule has 250 valence electrons. The van der Waals surface area contributed by atoms with Gasteiger partial charge in [0.05, 0.1) is 26.4 Å². The predicted octanol–water partition coefficient (Wildman–Crippen LogP) is 10.6. The van der Waals surface area contributed by atoms with Crippen molar-refractivity contribution in [3.05, 3.63) is 11.6 Å². The quantitative estimate of drug-likeness (QED) is 0.0498. The molecule has 0 spiro atoms. The molecular formula is C32H64O8P2. The van der Waals surface area contributed by atoms with E-state index in [0.717, 1.165) is 30.6 Å². The second-order valence-corrected chi connectivity index (χ2v) is 16.7. The Morgan fingerprint density at radius 3 is 1.50 bits per heavy atom. The molecule has 42 heavy (non-hydrogen) atoms. The molecular weight excluding hydrogens is 574 g/mol. The van der Waals surface area contributed by atoms with Crippen LogP contribution in [0.25, 0.3) is 0 Å². The first kappa shape index (κ1) is 41.5. The summed E-state index contributed by atoms with van der Waals surface area (Å²) in [6.45, 7) is 18.7. The van der Waals surface area contributed by atoms with Crippen LogP contribution in [0.2, 0.25) is 0 Å². The summed E-state index contributed by atoms with van der Waals surface area (Å²) in [7, 11) is -7.77. The number of allylic oxidation sites excluding steroid dienone is 1. The highest BCUT2D eigenvalue weighted by Crippen LogP contribution is 2.71. The zero-order valence-electron chi connectivity index (χ0n) is 28.4. The van der Waals surface area contributed by atoms with E-state index in [0.29, 0.717) is 0 Å². The van der Waals surface area contributed by atoms with Crippen molar-refractivity contribution in [1.82, 2.24) is 0 Å². The zero-order chi connectivity index (χ0) is 32.0. The van der Waals surface area contributed by atoms with Gasteiger partial charge in [-0.25, -0.2) is 0 Å². The Kier molecular flexibility index (Phi) is 23.6. The van der Waals surface area contributed by atoms with Crippen LogP contribution in [-0.2, 0) is 36.8 Å². The smallest absolute Gasteiger partial charge is 0.345 e. The monoisotopic (exact) mass is 638 g/mol. The standard InChI is InChI=1S/C32H64O8P2/c1-10-37-41(34,38-11-2)32(42(35,39-12-3)40-13-4)24-23-31(33)36-26-25-30(9)22-16-21-29(8)20-15-19-28(7)18-14-17-27(5)6/h25,27-29,32H,10-24,26H2,1-9H3/b30-25+. The highest BCUT2D eigenvalue weighted by atomic mass is 31.2. The third kappa shape index (κ3) is 18.3. The second-order valence-electron chi connectivity index (χ2n) is 11.9. The lowest BCUT2D eigenvalue weighted by molar-refractivity contribution is -0.142. The van der Waals surface area contributed by atoms with E-state index < -0.39 is 26.6 Å². The van der Waals surface area contributed by atoms with Crippen molar-refractivity contribution in [2.45, 2.75) is 138 Å². The molecule has 0 saturated heterocycles. The Balaban J connectivity index is 4.68. The molecule has 0 N–H and O–H groups in total. The fraction of sp³-hybridized carbons (Fsp3) is 0.906. The van der Waals surface area contributed by atoms with Gasteiger partial charge in [-0.3, -0.25) is 13.9 Å². The van der Waals surface area contributed by atoms with Crippen molar-refractivity contribution in [3.8, 4) is 0 Å². The summed E-state index contributed by atoms with van der Waals surface area (Å²) in [5.74, 6) is 1.88. The Hall–Kier alpha value is -0.490. The largest absolute Gasteiger partial charge is 0.461 e. The first-order valence-electron chi connectivity index (χ1n) is 16.5. The maximum Gasteiger partial charge on any atom is 0.345 e. The lowest BCUT2D eigenvalue weighted by atomic mass is 9.91. The van der Waals surface area contributed by atoms with Crippen LogP contribution in [0.15, 0.2) is 11.6 Å². The summed E-state index contributed by atoms with van der Waals surface area (Å²) in [5.41, 5.74) is 1.20. The number of carbonyl (C=O) groups is 1. The Bertz CT molecular complexity index is 779. The molecule has 8 nitrogen and oxygen atoms in total. The van der Waals surface area contributed by atoms with Gasteiger partial charge in [-0.2, -0.15) is 0 Å². The van der Waals surface area contributed by atoms with Crippen molar-refractivity contribution in [3.63, 3.8) is 0 Å². The van der Waals surface area contributed by atoms with E-state index in [-0.39, 0.29) is 45.9 Å². The van der Waals surface area contributed by atoms with E-state index in [2.05, 4.69) is 34.6 Å². The van der Waals surface area contributed by atoms with Crippen molar-refractivity contribution >= 4 is 21.2 Å². The van der Waals surface area contributed by atoms with Gasteiger partial charge in [0.1, 0.15) is 6.61 Å². The molecule has 0 aromatic rings. The van der Waals surface area contributed by atoms with Gasteiger partial charge in [-0.15, -0.1) is 0 Å². The third-order valence-electron chi connectivity index (χ3n) is 7.39. The summed E-state index contributed by atoms with van der Waals surface area (Å²) in [6.07, 6.45) is 13.0. The minimum atomic E-state index is -3.88. The van der Waals surface area contributed by atoms with E-state index in [1.165, 1.54) is 50.5 Å². The van der Waals surface area contributed by atoms with Crippen LogP contribution < -0.4 is 0 Å². The van der Waals surface area contributed by atoms with Crippen LogP contribution in [0.4, 0.5) is 0 Å². The number of ether oxygens (including phenoxy) is 1. The number of carbonyl (C=O) groups excluding carboxylic acids is 1. The lowest BCUT2D eigenvalue weighted by Gasteiger charge is -2.31. The van der Waals surface area contributed by atoms with Gasteiger partial charge in [0, 0.05) is 6.42 Å². The maximum absolute atomic E-state index is 13.6. The average Bonchev–Trinajstić information content (AvgIpc) is 2.89. The first-order chi connectivity index (χ1) is 19.9. The van der Waals surface area contributed by atoms with Crippen molar-refractivity contribution in [1.29, 1.82) is 0 Å². The van der Waals surface area contributed by atoms with Crippen LogP contribution in [0, 0.1) is 17.8 Å². The minimum absolute atomic E-state index is 0.0648. The molecule has 0 saturated carbocycles. The molecule has 0 amide bonds. The van der Waals surface area contributed by atoms with Gasteiger partial charge in [0.15, 0.2) is 5.40 Å². The van der Waals surface area contributed by atoms with Gasteiger partial charge in [0.2, 0.25) is 0 Å². The third-order valence-corrected chi connectivity index (χ3v) is 13.5. The number of hydrogen-bond donors (Lipinski definition) is 0. The predicted molar refractivity (Wildman–Crippen MR) is 174 cm³/mol. The fourth-order valence-electron chi connectivity index (χ4n) is 5.03. The maximum atomic E-state index is 13.6. The lowest BCUT2D eigenvalue weighted by Crippen LogP contribution is -2.19. The normalized spacial score (nSPS) is 14.5. The summed E-state index contributed by atoms with van der Waals surface area (Å²) in [5, 5.41) is -1.22. The molecule has 0 aliphatic carbocycles. The Labute approximate surface area is 258 Å². The Morgan fingerprint density at radius 2 is 1.07 bits per heavy atom. The van der Waals surface area contributed by atoms with Crippen LogP contribution in [0.3, 0.4) is 0 Å². The van der Waals surface area contributed by atoms with E-state index in [9.17, 15) is 13.9 Å². The molecule has 0 aliphatic rings. The first-order valence-corrected chi connectivity index (χ1v) is 19.7. The Morgan fingerprint density at radius 1 is 0.643 bits per heavy atom. The van der Waals surface area contributed by atoms with E-state index in [4.69, 9.17) is 22.8 Å². The van der Waals surface area contributed by atoms with Crippen molar-refractivity contribution in [2.24, 2.45) is 17.8 Å². The van der Waals surface area contributed by atoms with Crippen LogP contribution in [0.1, 0.15) is 133 Å². The van der Waals surface area contributed by atoms with Gasteiger partial charge >= 0.3 is 21.2 Å². The number of esters is 1. The molecule has 0 aliphatic heterocycles. The van der Waals surface area contributed by atoms with E-state index in [1.54, 1.807) is 27.7 Å². The SMILES string of the molecule is CCOP(=O)(OCC)C(CCC(=O)OC/C=C(\C)CCCC(C)CCCC(C)CCCC(C)C)P(=O)(OCC)OCC. The van der Waals surface area contributed by atoms with Gasteiger partial charge in [-0.1, -0.05) is 78.2 Å². The van der Waals surface area contributed by atoms with Crippen LogP contribution in [-0.4, -0.2) is 44.4 Å². The van der Waals surface area contributed by atoms with Crippen LogP contribution >= 0.6 is 15.2 Å². The molecule has 2 atom stereocenters. The van der Waals surface area contributed by atoms with E-state index in [1.807, 2.05) is 6.08 Å². The van der Waals surface area contributed by atoms with E-state index >= 15 is 0 Å². The highest BCUT2D eigenvalue weighted by Gasteiger charge is 2.50. The van der Waals surface area contributed by atoms with Crippen molar-refractivity contribution in [2.75, 3.05) is 33.0 Å². The van der Waals surface area contributed by atoms with Gasteiger partial charge in [0.25, 0.3) is 0 Å². The molecule has 0 radical (unpaired) electrons. The average molecular weight is 639 g/mol.